The van der Waals surface area contributed by atoms with Crippen LogP contribution >= 0.6 is 15.9 Å². The smallest absolute Gasteiger partial charge is 0.227 e. The van der Waals surface area contributed by atoms with Gasteiger partial charge >= 0.3 is 0 Å². The van der Waals surface area contributed by atoms with Gasteiger partial charge in [0.1, 0.15) is 5.75 Å². The van der Waals surface area contributed by atoms with Crippen molar-refractivity contribution in [1.82, 2.24) is 4.90 Å². The Balaban J connectivity index is 1.33. The van der Waals surface area contributed by atoms with E-state index in [9.17, 15) is 4.79 Å². The predicted octanol–water partition coefficient (Wildman–Crippen LogP) is 6.09. The van der Waals surface area contributed by atoms with Crippen molar-refractivity contribution in [1.29, 1.82) is 0 Å². The van der Waals surface area contributed by atoms with Crippen LogP contribution in [0.3, 0.4) is 0 Å². The molecule has 0 spiro atoms. The molecule has 0 aromatic heterocycles. The Bertz CT molecular complexity index is 985. The monoisotopic (exact) mass is 464 g/mol. The molecule has 1 heterocycles. The van der Waals surface area contributed by atoms with Crippen molar-refractivity contribution in [3.05, 3.63) is 88.9 Å². The maximum Gasteiger partial charge on any atom is 0.227 e. The largest absolute Gasteiger partial charge is 0.455 e. The molecule has 0 aliphatic carbocycles. The van der Waals surface area contributed by atoms with Gasteiger partial charge in [0.05, 0.1) is 5.69 Å². The first-order valence-corrected chi connectivity index (χ1v) is 11.1. The summed E-state index contributed by atoms with van der Waals surface area (Å²) in [7, 11) is 0. The van der Waals surface area contributed by atoms with Crippen molar-refractivity contribution in [3.8, 4) is 11.5 Å². The Kier molecular flexibility index (Phi) is 6.82. The van der Waals surface area contributed by atoms with Crippen molar-refractivity contribution < 1.29 is 9.53 Å². The number of amides is 1. The molecule has 1 aliphatic rings. The number of nitrogens with zero attached hydrogens (tertiary/aromatic N) is 1. The second kappa shape index (κ2) is 9.92. The molecule has 1 N–H and O–H groups in total. The average molecular weight is 465 g/mol. The minimum atomic E-state index is 0.0218. The fourth-order valence-electron chi connectivity index (χ4n) is 3.76. The van der Waals surface area contributed by atoms with Crippen LogP contribution in [0.1, 0.15) is 18.4 Å². The van der Waals surface area contributed by atoms with Crippen LogP contribution in [-0.4, -0.2) is 23.9 Å². The van der Waals surface area contributed by atoms with Crippen LogP contribution in [0.2, 0.25) is 0 Å². The van der Waals surface area contributed by atoms with Crippen LogP contribution in [0.25, 0.3) is 0 Å². The van der Waals surface area contributed by atoms with E-state index in [1.54, 1.807) is 0 Å². The van der Waals surface area contributed by atoms with E-state index in [2.05, 4.69) is 44.3 Å². The summed E-state index contributed by atoms with van der Waals surface area (Å²) in [6, 6.07) is 25.6. The van der Waals surface area contributed by atoms with Gasteiger partial charge in [0.15, 0.2) is 5.75 Å². The highest BCUT2D eigenvalue weighted by Gasteiger charge is 2.25. The van der Waals surface area contributed by atoms with Crippen molar-refractivity contribution in [2.24, 2.45) is 5.92 Å². The van der Waals surface area contributed by atoms with Crippen LogP contribution in [0.15, 0.2) is 83.3 Å². The normalized spacial score (nSPS) is 15.0. The topological polar surface area (TPSA) is 41.6 Å². The lowest BCUT2D eigenvalue weighted by Crippen LogP contribution is -2.37. The van der Waals surface area contributed by atoms with Gasteiger partial charge < -0.3 is 10.1 Å². The standard InChI is InChI=1S/C25H25BrN2O2/c26-21-8-6-7-19(17-21)18-28-15-13-20(14-16-28)25(29)27-23-11-4-5-12-24(23)30-22-9-2-1-3-10-22/h1-12,17,20H,13-16,18H2,(H,27,29). The zero-order valence-electron chi connectivity index (χ0n) is 16.8. The second-order valence-electron chi connectivity index (χ2n) is 7.58. The van der Waals surface area contributed by atoms with Crippen LogP contribution in [0, 0.1) is 5.92 Å². The lowest BCUT2D eigenvalue weighted by molar-refractivity contribution is -0.121. The third-order valence-electron chi connectivity index (χ3n) is 5.37. The highest BCUT2D eigenvalue weighted by Crippen LogP contribution is 2.30. The van der Waals surface area contributed by atoms with Gasteiger partial charge in [-0.25, -0.2) is 0 Å². The Morgan fingerprint density at radius 2 is 1.70 bits per heavy atom. The van der Waals surface area contributed by atoms with Gasteiger partial charge in [0.25, 0.3) is 0 Å². The van der Waals surface area contributed by atoms with Crippen LogP contribution in [0.4, 0.5) is 5.69 Å². The van der Waals surface area contributed by atoms with E-state index in [1.165, 1.54) is 5.56 Å². The van der Waals surface area contributed by atoms with Crippen molar-refractivity contribution >= 4 is 27.5 Å². The van der Waals surface area contributed by atoms with Crippen LogP contribution in [0.5, 0.6) is 11.5 Å². The molecular weight excluding hydrogens is 440 g/mol. The SMILES string of the molecule is O=C(Nc1ccccc1Oc1ccccc1)C1CCN(Cc2cccc(Br)c2)CC1. The summed E-state index contributed by atoms with van der Waals surface area (Å²) >= 11 is 3.53. The molecular formula is C25H25BrN2O2. The first kappa shape index (κ1) is 20.6. The molecule has 0 radical (unpaired) electrons. The molecule has 3 aromatic rings. The molecule has 4 rings (SSSR count). The number of rotatable bonds is 6. The van der Waals surface area contributed by atoms with Gasteiger partial charge in [-0.3, -0.25) is 9.69 Å². The Morgan fingerprint density at radius 1 is 0.967 bits per heavy atom. The number of carbonyl (C=O) groups excluding carboxylic acids is 1. The van der Waals surface area contributed by atoms with Gasteiger partial charge in [0, 0.05) is 16.9 Å². The van der Waals surface area contributed by atoms with Crippen molar-refractivity contribution in [3.63, 3.8) is 0 Å². The third-order valence-corrected chi connectivity index (χ3v) is 5.86. The number of carbonyl (C=O) groups is 1. The molecule has 30 heavy (non-hydrogen) atoms. The number of benzene rings is 3. The van der Waals surface area contributed by atoms with E-state index in [-0.39, 0.29) is 11.8 Å². The molecule has 1 amide bonds. The van der Waals surface area contributed by atoms with Gasteiger partial charge in [0.2, 0.25) is 5.91 Å². The summed E-state index contributed by atoms with van der Waals surface area (Å²) in [5, 5.41) is 3.08. The Labute approximate surface area is 186 Å². The summed E-state index contributed by atoms with van der Waals surface area (Å²) in [5.41, 5.74) is 2.00. The first-order valence-electron chi connectivity index (χ1n) is 10.3. The zero-order valence-corrected chi connectivity index (χ0v) is 18.3. The molecule has 0 unspecified atom stereocenters. The molecule has 3 aromatic carbocycles. The highest BCUT2D eigenvalue weighted by molar-refractivity contribution is 9.10. The molecule has 4 nitrogen and oxygen atoms in total. The molecule has 0 saturated carbocycles. The van der Waals surface area contributed by atoms with Gasteiger partial charge in [-0.05, 0) is 67.9 Å². The predicted molar refractivity (Wildman–Crippen MR) is 124 cm³/mol. The molecule has 5 heteroatoms. The minimum Gasteiger partial charge on any atom is -0.455 e. The van der Waals surface area contributed by atoms with E-state index in [0.717, 1.165) is 42.7 Å². The fourth-order valence-corrected chi connectivity index (χ4v) is 4.20. The van der Waals surface area contributed by atoms with Gasteiger partial charge in [-0.2, -0.15) is 0 Å². The quantitative estimate of drug-likeness (QED) is 0.479. The molecule has 1 saturated heterocycles. The fraction of sp³-hybridized carbons (Fsp3) is 0.240. The summed E-state index contributed by atoms with van der Waals surface area (Å²) < 4.78 is 7.07. The van der Waals surface area contributed by atoms with E-state index < -0.39 is 0 Å². The number of anilines is 1. The molecule has 0 atom stereocenters. The van der Waals surface area contributed by atoms with Gasteiger partial charge in [-0.1, -0.05) is 58.4 Å². The summed E-state index contributed by atoms with van der Waals surface area (Å²) in [6.45, 7) is 2.76. The van der Waals surface area contributed by atoms with Crippen LogP contribution < -0.4 is 10.1 Å². The highest BCUT2D eigenvalue weighted by atomic mass is 79.9. The minimum absolute atomic E-state index is 0.0218. The van der Waals surface area contributed by atoms with Crippen molar-refractivity contribution in [2.75, 3.05) is 18.4 Å². The van der Waals surface area contributed by atoms with Gasteiger partial charge in [-0.15, -0.1) is 0 Å². The Hall–Kier alpha value is -2.63. The lowest BCUT2D eigenvalue weighted by atomic mass is 9.95. The van der Waals surface area contributed by atoms with Crippen LogP contribution in [-0.2, 0) is 11.3 Å². The third kappa shape index (κ3) is 5.49. The van der Waals surface area contributed by atoms with E-state index in [1.807, 2.05) is 60.7 Å². The average Bonchev–Trinajstić information content (AvgIpc) is 2.76. The second-order valence-corrected chi connectivity index (χ2v) is 8.50. The molecule has 0 bridgehead atoms. The molecule has 1 fully saturated rings. The molecule has 154 valence electrons. The van der Waals surface area contributed by atoms with E-state index in [0.29, 0.717) is 11.4 Å². The maximum absolute atomic E-state index is 12.9. The summed E-state index contributed by atoms with van der Waals surface area (Å²) in [4.78, 5) is 15.3. The lowest BCUT2D eigenvalue weighted by Gasteiger charge is -2.31. The number of ether oxygens (including phenoxy) is 1. The number of piperidine rings is 1. The number of hydrogen-bond donors (Lipinski definition) is 1. The maximum atomic E-state index is 12.9. The molecule has 1 aliphatic heterocycles. The zero-order chi connectivity index (χ0) is 20.8. The number of nitrogens with one attached hydrogen (secondary N) is 1. The Morgan fingerprint density at radius 3 is 2.47 bits per heavy atom. The summed E-state index contributed by atoms with van der Waals surface area (Å²) in [6.07, 6.45) is 1.73. The van der Waals surface area contributed by atoms with E-state index in [4.69, 9.17) is 4.74 Å². The summed E-state index contributed by atoms with van der Waals surface area (Å²) in [5.74, 6) is 1.50. The van der Waals surface area contributed by atoms with E-state index >= 15 is 0 Å². The number of hydrogen-bond acceptors (Lipinski definition) is 3. The number of para-hydroxylation sites is 3. The number of halogens is 1. The number of likely N-dealkylation sites (tertiary alicyclic amines) is 1. The van der Waals surface area contributed by atoms with Crippen molar-refractivity contribution in [2.45, 2.75) is 19.4 Å². The first-order chi connectivity index (χ1) is 14.7.